The van der Waals surface area contributed by atoms with Crippen molar-refractivity contribution < 1.29 is 9.18 Å². The van der Waals surface area contributed by atoms with E-state index in [1.165, 1.54) is 24.5 Å². The van der Waals surface area contributed by atoms with Crippen LogP contribution in [0.25, 0.3) is 0 Å². The molecule has 2 saturated heterocycles. The molecule has 0 bridgehead atoms. The van der Waals surface area contributed by atoms with Crippen molar-refractivity contribution in [2.45, 2.75) is 44.6 Å². The Labute approximate surface area is 185 Å². The van der Waals surface area contributed by atoms with E-state index in [2.05, 4.69) is 40.5 Å². The Bertz CT molecular complexity index is 828. The molecule has 0 unspecified atom stereocenters. The van der Waals surface area contributed by atoms with Gasteiger partial charge in [-0.2, -0.15) is 0 Å². The zero-order valence-electron chi connectivity index (χ0n) is 18.3. The van der Waals surface area contributed by atoms with E-state index in [4.69, 9.17) is 0 Å². The lowest BCUT2D eigenvalue weighted by Crippen LogP contribution is -2.44. The number of urea groups is 1. The van der Waals surface area contributed by atoms with Crippen LogP contribution in [0.1, 0.15) is 49.1 Å². The van der Waals surface area contributed by atoms with Gasteiger partial charge < -0.3 is 10.2 Å². The van der Waals surface area contributed by atoms with Gasteiger partial charge in [-0.3, -0.25) is 4.90 Å². The van der Waals surface area contributed by atoms with Crippen LogP contribution in [0, 0.1) is 11.7 Å². The van der Waals surface area contributed by atoms with Crippen molar-refractivity contribution in [3.63, 3.8) is 0 Å². The fraction of sp³-hybridized carbons (Fsp3) is 0.500. The molecule has 0 radical (unpaired) electrons. The third kappa shape index (κ3) is 6.07. The lowest BCUT2D eigenvalue weighted by atomic mass is 9.89. The van der Waals surface area contributed by atoms with E-state index < -0.39 is 0 Å². The van der Waals surface area contributed by atoms with Gasteiger partial charge >= 0.3 is 6.03 Å². The standard InChI is InChI=1S/C26H34FN3O/c27-25-9-5-4-8-24(25)23-13-18-30(19-14-23)26(31)28-15-10-21-11-16-29(17-12-21)20-22-6-2-1-3-7-22/h1-9,21,23H,10-20H2,(H,28,31). The molecule has 4 nitrogen and oxygen atoms in total. The predicted molar refractivity (Wildman–Crippen MR) is 122 cm³/mol. The number of benzene rings is 2. The number of carbonyl (C=O) groups is 1. The highest BCUT2D eigenvalue weighted by Crippen LogP contribution is 2.29. The van der Waals surface area contributed by atoms with E-state index >= 15 is 0 Å². The van der Waals surface area contributed by atoms with E-state index in [0.29, 0.717) is 19.0 Å². The Morgan fingerprint density at radius 2 is 1.58 bits per heavy atom. The second-order valence-electron chi connectivity index (χ2n) is 9.01. The maximum Gasteiger partial charge on any atom is 0.317 e. The maximum absolute atomic E-state index is 14.0. The van der Waals surface area contributed by atoms with Crippen LogP contribution in [-0.2, 0) is 6.54 Å². The molecule has 2 fully saturated rings. The first kappa shape index (κ1) is 21.8. The van der Waals surface area contributed by atoms with Crippen LogP contribution < -0.4 is 5.32 Å². The van der Waals surface area contributed by atoms with Crippen molar-refractivity contribution >= 4 is 6.03 Å². The number of nitrogens with zero attached hydrogens (tertiary/aromatic N) is 2. The maximum atomic E-state index is 14.0. The zero-order valence-corrected chi connectivity index (χ0v) is 18.3. The molecule has 2 aliphatic rings. The Balaban J connectivity index is 1.12. The SMILES string of the molecule is O=C(NCCC1CCN(Cc2ccccc2)CC1)N1CCC(c2ccccc2F)CC1. The number of hydrogen-bond acceptors (Lipinski definition) is 2. The minimum Gasteiger partial charge on any atom is -0.338 e. The van der Waals surface area contributed by atoms with Crippen LogP contribution >= 0.6 is 0 Å². The van der Waals surface area contributed by atoms with Crippen LogP contribution in [0.15, 0.2) is 54.6 Å². The Morgan fingerprint density at radius 3 is 2.29 bits per heavy atom. The molecule has 166 valence electrons. The second-order valence-corrected chi connectivity index (χ2v) is 9.01. The van der Waals surface area contributed by atoms with Crippen molar-refractivity contribution in [2.75, 3.05) is 32.7 Å². The topological polar surface area (TPSA) is 35.6 Å². The lowest BCUT2D eigenvalue weighted by molar-refractivity contribution is 0.166. The molecule has 2 heterocycles. The molecule has 0 aliphatic carbocycles. The molecule has 2 aliphatic heterocycles. The number of halogens is 1. The molecule has 0 aromatic heterocycles. The average molecular weight is 424 g/mol. The average Bonchev–Trinajstić information content (AvgIpc) is 2.81. The van der Waals surface area contributed by atoms with Gasteiger partial charge in [-0.1, -0.05) is 48.5 Å². The number of amides is 2. The Kier molecular flexibility index (Phi) is 7.57. The van der Waals surface area contributed by atoms with Gasteiger partial charge in [-0.05, 0) is 74.2 Å². The summed E-state index contributed by atoms with van der Waals surface area (Å²) in [5, 5.41) is 3.12. The van der Waals surface area contributed by atoms with E-state index in [9.17, 15) is 9.18 Å². The summed E-state index contributed by atoms with van der Waals surface area (Å²) < 4.78 is 14.0. The first-order chi connectivity index (χ1) is 15.2. The number of likely N-dealkylation sites (tertiary alicyclic amines) is 2. The summed E-state index contributed by atoms with van der Waals surface area (Å²) in [5.41, 5.74) is 2.17. The summed E-state index contributed by atoms with van der Waals surface area (Å²) in [5.74, 6) is 0.783. The van der Waals surface area contributed by atoms with Gasteiger partial charge in [0.15, 0.2) is 0 Å². The summed E-state index contributed by atoms with van der Waals surface area (Å²) in [7, 11) is 0. The zero-order chi connectivity index (χ0) is 21.5. The van der Waals surface area contributed by atoms with Crippen LogP contribution in [0.5, 0.6) is 0 Å². The summed E-state index contributed by atoms with van der Waals surface area (Å²) in [6, 6.07) is 17.7. The number of nitrogens with one attached hydrogen (secondary N) is 1. The molecule has 0 saturated carbocycles. The summed E-state index contributed by atoms with van der Waals surface area (Å²) in [6.45, 7) is 5.45. The smallest absolute Gasteiger partial charge is 0.317 e. The molecule has 4 rings (SSSR count). The normalized spacial score (nSPS) is 18.8. The minimum atomic E-state index is -0.125. The molecule has 0 atom stereocenters. The molecule has 2 aromatic carbocycles. The molecule has 2 amide bonds. The fourth-order valence-electron chi connectivity index (χ4n) is 4.97. The summed E-state index contributed by atoms with van der Waals surface area (Å²) in [6.07, 6.45) is 5.12. The van der Waals surface area contributed by atoms with Crippen molar-refractivity contribution in [2.24, 2.45) is 5.92 Å². The molecule has 1 N–H and O–H groups in total. The highest BCUT2D eigenvalue weighted by Gasteiger charge is 2.25. The minimum absolute atomic E-state index is 0.0356. The van der Waals surface area contributed by atoms with E-state index in [1.54, 1.807) is 6.07 Å². The monoisotopic (exact) mass is 423 g/mol. The third-order valence-electron chi connectivity index (χ3n) is 6.91. The van der Waals surface area contributed by atoms with Gasteiger partial charge in [0.2, 0.25) is 0 Å². The molecular weight excluding hydrogens is 389 g/mol. The number of rotatable bonds is 6. The van der Waals surface area contributed by atoms with Crippen molar-refractivity contribution in [1.82, 2.24) is 15.1 Å². The van der Waals surface area contributed by atoms with Crippen molar-refractivity contribution in [3.05, 3.63) is 71.5 Å². The van der Waals surface area contributed by atoms with E-state index in [0.717, 1.165) is 51.0 Å². The molecule has 0 spiro atoms. The highest BCUT2D eigenvalue weighted by molar-refractivity contribution is 5.74. The van der Waals surface area contributed by atoms with Crippen molar-refractivity contribution in [3.8, 4) is 0 Å². The quantitative estimate of drug-likeness (QED) is 0.708. The van der Waals surface area contributed by atoms with E-state index in [1.807, 2.05) is 17.0 Å². The highest BCUT2D eigenvalue weighted by atomic mass is 19.1. The Morgan fingerprint density at radius 1 is 0.903 bits per heavy atom. The van der Waals surface area contributed by atoms with Gasteiger partial charge in [0.1, 0.15) is 5.82 Å². The van der Waals surface area contributed by atoms with E-state index in [-0.39, 0.29) is 17.8 Å². The summed E-state index contributed by atoms with van der Waals surface area (Å²) in [4.78, 5) is 17.0. The van der Waals surface area contributed by atoms with Crippen LogP contribution in [0.2, 0.25) is 0 Å². The molecular formula is C26H34FN3O. The first-order valence-corrected chi connectivity index (χ1v) is 11.7. The van der Waals surface area contributed by atoms with Crippen LogP contribution in [-0.4, -0.2) is 48.6 Å². The van der Waals surface area contributed by atoms with Gasteiger partial charge in [0.05, 0.1) is 0 Å². The molecule has 2 aromatic rings. The predicted octanol–water partition coefficient (Wildman–Crippen LogP) is 5.02. The second kappa shape index (κ2) is 10.8. The van der Waals surface area contributed by atoms with Crippen LogP contribution in [0.3, 0.4) is 0 Å². The summed E-state index contributed by atoms with van der Waals surface area (Å²) >= 11 is 0. The largest absolute Gasteiger partial charge is 0.338 e. The number of piperidine rings is 2. The Hall–Kier alpha value is -2.40. The first-order valence-electron chi connectivity index (χ1n) is 11.7. The van der Waals surface area contributed by atoms with Crippen molar-refractivity contribution in [1.29, 1.82) is 0 Å². The molecule has 31 heavy (non-hydrogen) atoms. The third-order valence-corrected chi connectivity index (χ3v) is 6.91. The lowest BCUT2D eigenvalue weighted by Gasteiger charge is -2.33. The van der Waals surface area contributed by atoms with Gasteiger partial charge in [0, 0.05) is 26.2 Å². The number of carbonyl (C=O) groups excluding carboxylic acids is 1. The number of hydrogen-bond donors (Lipinski definition) is 1. The van der Waals surface area contributed by atoms with Gasteiger partial charge in [0.25, 0.3) is 0 Å². The van der Waals surface area contributed by atoms with Crippen LogP contribution in [0.4, 0.5) is 9.18 Å². The fourth-order valence-corrected chi connectivity index (χ4v) is 4.97. The van der Waals surface area contributed by atoms with Gasteiger partial charge in [-0.15, -0.1) is 0 Å². The molecule has 5 heteroatoms. The van der Waals surface area contributed by atoms with Gasteiger partial charge in [-0.25, -0.2) is 9.18 Å².